The quantitative estimate of drug-likeness (QED) is 0.808. The number of benzene rings is 1. The standard InChI is InChI=1S/C18H21ClN2O5/c19-14-3-1-2-4-15(14)26-8-7-20-11-13(9-16(20)22)17(23)21-6-5-12(10-21)18(24)25/h1-4,12-13H,5-11H2,(H,24,25). The summed E-state index contributed by atoms with van der Waals surface area (Å²) >= 11 is 6.02. The Hall–Kier alpha value is -2.28. The first-order chi connectivity index (χ1) is 12.5. The number of carbonyl (C=O) groups excluding carboxylic acids is 2. The van der Waals surface area contributed by atoms with E-state index in [1.807, 2.05) is 12.1 Å². The number of carboxylic acid groups (broad SMARTS) is 1. The van der Waals surface area contributed by atoms with Gasteiger partial charge in [-0.15, -0.1) is 0 Å². The molecule has 2 amide bonds. The molecule has 2 fully saturated rings. The molecule has 2 unspecified atom stereocenters. The predicted molar refractivity (Wildman–Crippen MR) is 94.0 cm³/mol. The zero-order chi connectivity index (χ0) is 18.7. The van der Waals surface area contributed by atoms with E-state index < -0.39 is 17.8 Å². The first-order valence-corrected chi connectivity index (χ1v) is 9.00. The molecule has 2 heterocycles. The molecule has 2 aliphatic rings. The average Bonchev–Trinajstić information content (AvgIpc) is 3.24. The third kappa shape index (κ3) is 4.09. The Labute approximate surface area is 156 Å². The molecule has 2 aliphatic heterocycles. The SMILES string of the molecule is O=C(O)C1CCN(C(=O)C2CC(=O)N(CCOc3ccccc3Cl)C2)C1. The fourth-order valence-electron chi connectivity index (χ4n) is 3.40. The van der Waals surface area contributed by atoms with Gasteiger partial charge in [0, 0.05) is 26.1 Å². The van der Waals surface area contributed by atoms with Crippen molar-refractivity contribution in [3.8, 4) is 5.75 Å². The van der Waals surface area contributed by atoms with Crippen LogP contribution >= 0.6 is 11.6 Å². The molecule has 26 heavy (non-hydrogen) atoms. The fourth-order valence-corrected chi connectivity index (χ4v) is 3.59. The largest absolute Gasteiger partial charge is 0.490 e. The van der Waals surface area contributed by atoms with E-state index in [0.29, 0.717) is 43.4 Å². The van der Waals surface area contributed by atoms with Crippen molar-refractivity contribution < 1.29 is 24.2 Å². The topological polar surface area (TPSA) is 87.2 Å². The van der Waals surface area contributed by atoms with Crippen LogP contribution in [0.5, 0.6) is 5.75 Å². The molecule has 1 aromatic rings. The maximum absolute atomic E-state index is 12.6. The molecule has 0 aliphatic carbocycles. The molecule has 3 rings (SSSR count). The highest BCUT2D eigenvalue weighted by Crippen LogP contribution is 2.25. The fraction of sp³-hybridized carbons (Fsp3) is 0.500. The molecule has 140 valence electrons. The van der Waals surface area contributed by atoms with E-state index in [1.165, 1.54) is 0 Å². The van der Waals surface area contributed by atoms with Crippen LogP contribution in [-0.2, 0) is 14.4 Å². The van der Waals surface area contributed by atoms with Crippen molar-refractivity contribution >= 4 is 29.4 Å². The Bertz CT molecular complexity index is 711. The van der Waals surface area contributed by atoms with Crippen LogP contribution in [0.3, 0.4) is 0 Å². The molecular formula is C18H21ClN2O5. The van der Waals surface area contributed by atoms with Crippen molar-refractivity contribution in [3.05, 3.63) is 29.3 Å². The Morgan fingerprint density at radius 1 is 1.23 bits per heavy atom. The van der Waals surface area contributed by atoms with Crippen molar-refractivity contribution in [1.82, 2.24) is 9.80 Å². The highest BCUT2D eigenvalue weighted by Gasteiger charge is 2.39. The van der Waals surface area contributed by atoms with Gasteiger partial charge in [0.15, 0.2) is 0 Å². The number of carboxylic acids is 1. The summed E-state index contributed by atoms with van der Waals surface area (Å²) < 4.78 is 5.60. The minimum atomic E-state index is -0.874. The van der Waals surface area contributed by atoms with Crippen LogP contribution in [0.2, 0.25) is 5.02 Å². The van der Waals surface area contributed by atoms with Crippen molar-refractivity contribution in [2.45, 2.75) is 12.8 Å². The third-order valence-electron chi connectivity index (χ3n) is 4.87. The van der Waals surface area contributed by atoms with E-state index in [2.05, 4.69) is 0 Å². The zero-order valence-electron chi connectivity index (χ0n) is 14.3. The van der Waals surface area contributed by atoms with Gasteiger partial charge in [-0.1, -0.05) is 23.7 Å². The molecule has 0 bridgehead atoms. The Balaban J connectivity index is 1.48. The Kier molecular flexibility index (Phi) is 5.66. The first-order valence-electron chi connectivity index (χ1n) is 8.62. The predicted octanol–water partition coefficient (Wildman–Crippen LogP) is 1.50. The molecule has 0 aromatic heterocycles. The van der Waals surface area contributed by atoms with Gasteiger partial charge in [-0.25, -0.2) is 0 Å². The summed E-state index contributed by atoms with van der Waals surface area (Å²) in [5, 5.41) is 9.56. The number of hydrogen-bond donors (Lipinski definition) is 1. The van der Waals surface area contributed by atoms with E-state index in [-0.39, 0.29) is 24.8 Å². The van der Waals surface area contributed by atoms with E-state index in [0.717, 1.165) is 0 Å². The number of carbonyl (C=O) groups is 3. The van der Waals surface area contributed by atoms with Crippen molar-refractivity contribution in [2.24, 2.45) is 11.8 Å². The van der Waals surface area contributed by atoms with Gasteiger partial charge in [0.2, 0.25) is 11.8 Å². The van der Waals surface area contributed by atoms with Crippen LogP contribution in [0.1, 0.15) is 12.8 Å². The normalized spacial score (nSPS) is 22.7. The van der Waals surface area contributed by atoms with Gasteiger partial charge in [0.25, 0.3) is 0 Å². The zero-order valence-corrected chi connectivity index (χ0v) is 15.0. The van der Waals surface area contributed by atoms with Crippen LogP contribution in [0.25, 0.3) is 0 Å². The van der Waals surface area contributed by atoms with Crippen molar-refractivity contribution in [1.29, 1.82) is 0 Å². The molecule has 1 aromatic carbocycles. The van der Waals surface area contributed by atoms with Gasteiger partial charge in [-0.05, 0) is 18.6 Å². The van der Waals surface area contributed by atoms with E-state index in [1.54, 1.807) is 21.9 Å². The van der Waals surface area contributed by atoms with Crippen LogP contribution in [-0.4, -0.2) is 65.5 Å². The van der Waals surface area contributed by atoms with Crippen LogP contribution < -0.4 is 4.74 Å². The number of nitrogens with zero attached hydrogens (tertiary/aromatic N) is 2. The lowest BCUT2D eigenvalue weighted by Gasteiger charge is -2.21. The van der Waals surface area contributed by atoms with Crippen molar-refractivity contribution in [3.63, 3.8) is 0 Å². The number of aliphatic carboxylic acids is 1. The summed E-state index contributed by atoms with van der Waals surface area (Å²) in [6.07, 6.45) is 0.635. The lowest BCUT2D eigenvalue weighted by Crippen LogP contribution is -2.37. The van der Waals surface area contributed by atoms with Gasteiger partial charge in [-0.3, -0.25) is 14.4 Å². The molecule has 0 radical (unpaired) electrons. The summed E-state index contributed by atoms with van der Waals surface area (Å²) in [6, 6.07) is 7.11. The number of halogens is 1. The summed E-state index contributed by atoms with van der Waals surface area (Å²) in [5.74, 6) is -1.44. The number of amides is 2. The molecule has 2 saturated heterocycles. The summed E-state index contributed by atoms with van der Waals surface area (Å²) in [6.45, 7) is 1.69. The smallest absolute Gasteiger partial charge is 0.308 e. The van der Waals surface area contributed by atoms with Gasteiger partial charge in [0.05, 0.1) is 23.4 Å². The van der Waals surface area contributed by atoms with Crippen LogP contribution in [0.4, 0.5) is 0 Å². The molecular weight excluding hydrogens is 360 g/mol. The first kappa shape index (κ1) is 18.5. The summed E-state index contributed by atoms with van der Waals surface area (Å²) in [4.78, 5) is 38.9. The molecule has 8 heteroatoms. The van der Waals surface area contributed by atoms with E-state index in [9.17, 15) is 14.4 Å². The Morgan fingerprint density at radius 3 is 2.69 bits per heavy atom. The number of hydrogen-bond acceptors (Lipinski definition) is 4. The second-order valence-electron chi connectivity index (χ2n) is 6.63. The minimum Gasteiger partial charge on any atom is -0.490 e. The van der Waals surface area contributed by atoms with Gasteiger partial charge >= 0.3 is 5.97 Å². The second kappa shape index (κ2) is 7.95. The minimum absolute atomic E-state index is 0.0832. The van der Waals surface area contributed by atoms with Crippen molar-refractivity contribution in [2.75, 3.05) is 32.8 Å². The van der Waals surface area contributed by atoms with Gasteiger partial charge in [-0.2, -0.15) is 0 Å². The second-order valence-corrected chi connectivity index (χ2v) is 7.03. The van der Waals surface area contributed by atoms with Crippen LogP contribution in [0, 0.1) is 11.8 Å². The lowest BCUT2D eigenvalue weighted by molar-refractivity contribution is -0.141. The number of rotatable bonds is 6. The molecule has 0 spiro atoms. The lowest BCUT2D eigenvalue weighted by atomic mass is 10.1. The summed E-state index contributed by atoms with van der Waals surface area (Å²) in [5.41, 5.74) is 0. The number of ether oxygens (including phenoxy) is 1. The maximum Gasteiger partial charge on any atom is 0.308 e. The summed E-state index contributed by atoms with van der Waals surface area (Å²) in [7, 11) is 0. The van der Waals surface area contributed by atoms with E-state index in [4.69, 9.17) is 21.4 Å². The monoisotopic (exact) mass is 380 g/mol. The molecule has 2 atom stereocenters. The molecule has 0 saturated carbocycles. The Morgan fingerprint density at radius 2 is 2.00 bits per heavy atom. The average molecular weight is 381 g/mol. The number of likely N-dealkylation sites (tertiary alicyclic amines) is 2. The maximum atomic E-state index is 12.6. The highest BCUT2D eigenvalue weighted by molar-refractivity contribution is 6.32. The van der Waals surface area contributed by atoms with E-state index >= 15 is 0 Å². The van der Waals surface area contributed by atoms with Crippen LogP contribution in [0.15, 0.2) is 24.3 Å². The number of para-hydroxylation sites is 1. The molecule has 1 N–H and O–H groups in total. The third-order valence-corrected chi connectivity index (χ3v) is 5.18. The van der Waals surface area contributed by atoms with Gasteiger partial charge in [0.1, 0.15) is 12.4 Å². The van der Waals surface area contributed by atoms with Gasteiger partial charge < -0.3 is 19.6 Å². The molecule has 7 nitrogen and oxygen atoms in total. The highest BCUT2D eigenvalue weighted by atomic mass is 35.5.